The molecule has 1 aromatic heterocycles. The Morgan fingerprint density at radius 3 is 2.45 bits per heavy atom. The van der Waals surface area contributed by atoms with Crippen LogP contribution in [0.25, 0.3) is 0 Å². The third-order valence-electron chi connectivity index (χ3n) is 2.97. The van der Waals surface area contributed by atoms with Gasteiger partial charge in [-0.15, -0.1) is 0 Å². The lowest BCUT2D eigenvalue weighted by atomic mass is 10.0. The molecule has 0 aliphatic carbocycles. The first-order valence-corrected chi connectivity index (χ1v) is 6.03. The van der Waals surface area contributed by atoms with Gasteiger partial charge in [-0.05, 0) is 12.1 Å². The maximum absolute atomic E-state index is 6.24. The molecule has 1 aromatic carbocycles. The van der Waals surface area contributed by atoms with Gasteiger partial charge in [0.25, 0.3) is 0 Å². The second-order valence-corrected chi connectivity index (χ2v) is 4.07. The molecule has 0 saturated carbocycles. The molecule has 1 atom stereocenters. The van der Waals surface area contributed by atoms with Crippen molar-refractivity contribution in [1.29, 1.82) is 0 Å². The van der Waals surface area contributed by atoms with Crippen molar-refractivity contribution in [1.82, 2.24) is 9.97 Å². The van der Waals surface area contributed by atoms with Crippen LogP contribution in [0.3, 0.4) is 0 Å². The van der Waals surface area contributed by atoms with E-state index in [1.54, 1.807) is 33.5 Å². The Morgan fingerprint density at radius 2 is 1.80 bits per heavy atom. The van der Waals surface area contributed by atoms with Crippen molar-refractivity contribution in [3.63, 3.8) is 0 Å². The summed E-state index contributed by atoms with van der Waals surface area (Å²) < 4.78 is 15.6. The lowest BCUT2D eigenvalue weighted by Crippen LogP contribution is -2.15. The van der Waals surface area contributed by atoms with Gasteiger partial charge in [0, 0.05) is 17.7 Å². The Morgan fingerprint density at radius 1 is 1.00 bits per heavy atom. The van der Waals surface area contributed by atoms with Crippen LogP contribution in [0.2, 0.25) is 0 Å². The maximum atomic E-state index is 6.24. The minimum atomic E-state index is -0.437. The minimum Gasteiger partial charge on any atom is -0.497 e. The highest BCUT2D eigenvalue weighted by Crippen LogP contribution is 2.31. The molecule has 2 N–H and O–H groups in total. The average Bonchev–Trinajstić information content (AvgIpc) is 2.53. The van der Waals surface area contributed by atoms with Crippen molar-refractivity contribution >= 4 is 0 Å². The lowest BCUT2D eigenvalue weighted by molar-refractivity contribution is 0.388. The van der Waals surface area contributed by atoms with Crippen LogP contribution < -0.4 is 19.9 Å². The van der Waals surface area contributed by atoms with Crippen LogP contribution in [0.1, 0.15) is 17.3 Å². The first-order chi connectivity index (χ1) is 9.69. The molecule has 1 unspecified atom stereocenters. The Labute approximate surface area is 117 Å². The largest absolute Gasteiger partial charge is 0.497 e. The molecular weight excluding hydrogens is 258 g/mol. The van der Waals surface area contributed by atoms with Gasteiger partial charge in [-0.3, -0.25) is 0 Å². The fourth-order valence-electron chi connectivity index (χ4n) is 1.87. The molecular formula is C14H17N3O3. The smallest absolute Gasteiger partial charge is 0.216 e. The quantitative estimate of drug-likeness (QED) is 0.891. The van der Waals surface area contributed by atoms with E-state index in [4.69, 9.17) is 19.9 Å². The van der Waals surface area contributed by atoms with Crippen LogP contribution in [-0.2, 0) is 0 Å². The summed E-state index contributed by atoms with van der Waals surface area (Å²) in [6, 6.07) is 6.74. The first kappa shape index (κ1) is 14.1. The Balaban J connectivity index is 2.39. The van der Waals surface area contributed by atoms with Crippen LogP contribution in [0.5, 0.6) is 17.4 Å². The van der Waals surface area contributed by atoms with Gasteiger partial charge >= 0.3 is 0 Å². The fraction of sp³-hybridized carbons (Fsp3) is 0.286. The fourth-order valence-corrected chi connectivity index (χ4v) is 1.87. The molecule has 106 valence electrons. The molecule has 6 nitrogen and oxygen atoms in total. The Hall–Kier alpha value is -2.34. The van der Waals surface area contributed by atoms with Gasteiger partial charge in [-0.25, -0.2) is 9.97 Å². The molecule has 0 radical (unpaired) electrons. The van der Waals surface area contributed by atoms with Crippen molar-refractivity contribution in [3.05, 3.63) is 41.9 Å². The highest BCUT2D eigenvalue weighted by Gasteiger charge is 2.17. The van der Waals surface area contributed by atoms with E-state index >= 15 is 0 Å². The second kappa shape index (κ2) is 6.21. The number of ether oxygens (including phenoxy) is 3. The molecule has 0 spiro atoms. The zero-order valence-electron chi connectivity index (χ0n) is 11.7. The van der Waals surface area contributed by atoms with Gasteiger partial charge in [0.2, 0.25) is 5.88 Å². The van der Waals surface area contributed by atoms with Gasteiger partial charge in [-0.2, -0.15) is 0 Å². The Bertz CT molecular complexity index is 590. The van der Waals surface area contributed by atoms with E-state index in [1.165, 1.54) is 6.33 Å². The summed E-state index contributed by atoms with van der Waals surface area (Å²) in [5, 5.41) is 0. The van der Waals surface area contributed by atoms with Crippen LogP contribution in [0, 0.1) is 0 Å². The van der Waals surface area contributed by atoms with Gasteiger partial charge < -0.3 is 19.9 Å². The van der Waals surface area contributed by atoms with Crippen molar-refractivity contribution < 1.29 is 14.2 Å². The summed E-state index contributed by atoms with van der Waals surface area (Å²) in [6.45, 7) is 0. The number of rotatable bonds is 5. The molecule has 0 aliphatic rings. The van der Waals surface area contributed by atoms with E-state index in [1.807, 2.05) is 12.1 Å². The van der Waals surface area contributed by atoms with Crippen molar-refractivity contribution in [2.75, 3.05) is 21.3 Å². The number of methoxy groups -OCH3 is 3. The van der Waals surface area contributed by atoms with Gasteiger partial charge in [-0.1, -0.05) is 0 Å². The molecule has 2 aromatic rings. The van der Waals surface area contributed by atoms with Gasteiger partial charge in [0.05, 0.1) is 33.1 Å². The molecule has 0 saturated heterocycles. The van der Waals surface area contributed by atoms with Crippen LogP contribution in [-0.4, -0.2) is 31.3 Å². The third kappa shape index (κ3) is 2.80. The highest BCUT2D eigenvalue weighted by molar-refractivity contribution is 5.45. The van der Waals surface area contributed by atoms with Crippen molar-refractivity contribution in [2.45, 2.75) is 6.04 Å². The predicted molar refractivity (Wildman–Crippen MR) is 74.2 cm³/mol. The topological polar surface area (TPSA) is 79.5 Å². The SMILES string of the molecule is COc1ccc(C(N)c2cc(OC)ncn2)c(OC)c1. The van der Waals surface area contributed by atoms with E-state index in [2.05, 4.69) is 9.97 Å². The predicted octanol–water partition coefficient (Wildman–Crippen LogP) is 1.55. The third-order valence-corrected chi connectivity index (χ3v) is 2.97. The summed E-state index contributed by atoms with van der Waals surface area (Å²) in [6.07, 6.45) is 1.42. The molecule has 0 fully saturated rings. The Kier molecular flexibility index (Phi) is 4.37. The van der Waals surface area contributed by atoms with Crippen LogP contribution in [0.15, 0.2) is 30.6 Å². The lowest BCUT2D eigenvalue weighted by Gasteiger charge is -2.16. The van der Waals surface area contributed by atoms with Crippen LogP contribution in [0.4, 0.5) is 0 Å². The van der Waals surface area contributed by atoms with Gasteiger partial charge in [0.1, 0.15) is 17.8 Å². The summed E-state index contributed by atoms with van der Waals surface area (Å²) >= 11 is 0. The van der Waals surface area contributed by atoms with E-state index in [0.29, 0.717) is 23.1 Å². The summed E-state index contributed by atoms with van der Waals surface area (Å²) in [5.74, 6) is 1.82. The standard InChI is InChI=1S/C14H17N3O3/c1-18-9-4-5-10(12(6-9)19-2)14(15)11-7-13(20-3)17-8-16-11/h4-8,14H,15H2,1-3H3. The zero-order valence-corrected chi connectivity index (χ0v) is 11.7. The van der Waals surface area contributed by atoms with Gasteiger partial charge in [0.15, 0.2) is 0 Å². The highest BCUT2D eigenvalue weighted by atomic mass is 16.5. The molecule has 20 heavy (non-hydrogen) atoms. The first-order valence-electron chi connectivity index (χ1n) is 6.03. The normalized spacial score (nSPS) is 11.8. The minimum absolute atomic E-state index is 0.437. The number of hydrogen-bond donors (Lipinski definition) is 1. The summed E-state index contributed by atoms with van der Waals surface area (Å²) in [5.41, 5.74) is 7.71. The molecule has 0 bridgehead atoms. The number of nitrogens with zero attached hydrogens (tertiary/aromatic N) is 2. The van der Waals surface area contributed by atoms with E-state index < -0.39 is 6.04 Å². The van der Waals surface area contributed by atoms with E-state index in [-0.39, 0.29) is 0 Å². The maximum Gasteiger partial charge on any atom is 0.216 e. The molecule has 6 heteroatoms. The zero-order chi connectivity index (χ0) is 14.5. The second-order valence-electron chi connectivity index (χ2n) is 4.07. The van der Waals surface area contributed by atoms with E-state index in [9.17, 15) is 0 Å². The van der Waals surface area contributed by atoms with E-state index in [0.717, 1.165) is 5.56 Å². The average molecular weight is 275 g/mol. The number of hydrogen-bond acceptors (Lipinski definition) is 6. The molecule has 0 aliphatic heterocycles. The molecule has 0 amide bonds. The monoisotopic (exact) mass is 275 g/mol. The summed E-state index contributed by atoms with van der Waals surface area (Å²) in [7, 11) is 4.74. The molecule has 1 heterocycles. The van der Waals surface area contributed by atoms with Crippen LogP contribution >= 0.6 is 0 Å². The summed E-state index contributed by atoms with van der Waals surface area (Å²) in [4.78, 5) is 8.14. The van der Waals surface area contributed by atoms with Crippen molar-refractivity contribution in [2.24, 2.45) is 5.73 Å². The number of nitrogens with two attached hydrogens (primary N) is 1. The van der Waals surface area contributed by atoms with Crippen molar-refractivity contribution in [3.8, 4) is 17.4 Å². The number of benzene rings is 1. The number of aromatic nitrogens is 2. The molecule has 2 rings (SSSR count).